The van der Waals surface area contributed by atoms with Crippen LogP contribution in [0.3, 0.4) is 0 Å². The van der Waals surface area contributed by atoms with E-state index < -0.39 is 36.1 Å². The van der Waals surface area contributed by atoms with Crippen molar-refractivity contribution in [3.8, 4) is 5.75 Å². The minimum atomic E-state index is -5.06. The van der Waals surface area contributed by atoms with Gasteiger partial charge in [0.05, 0.1) is 29.1 Å². The van der Waals surface area contributed by atoms with E-state index in [-0.39, 0.29) is 22.7 Å². The summed E-state index contributed by atoms with van der Waals surface area (Å²) in [5, 5.41) is 14.3. The third kappa shape index (κ3) is 6.36. The number of para-hydroxylation sites is 1. The Morgan fingerprint density at radius 1 is 1.08 bits per heavy atom. The third-order valence-electron chi connectivity index (χ3n) is 6.09. The Kier molecular flexibility index (Phi) is 7.88. The van der Waals surface area contributed by atoms with Crippen molar-refractivity contribution < 1.29 is 32.6 Å². The molecule has 2 amide bonds. The summed E-state index contributed by atoms with van der Waals surface area (Å²) in [5.41, 5.74) is 2.20. The number of hydrogen-bond acceptors (Lipinski definition) is 6. The fourth-order valence-corrected chi connectivity index (χ4v) is 4.01. The van der Waals surface area contributed by atoms with Gasteiger partial charge >= 0.3 is 6.36 Å². The first kappa shape index (κ1) is 27.6. The minimum Gasteiger partial charge on any atom is -0.405 e. The first-order chi connectivity index (χ1) is 18.4. The van der Waals surface area contributed by atoms with Gasteiger partial charge in [-0.05, 0) is 47.9 Å². The fourth-order valence-electron chi connectivity index (χ4n) is 4.01. The van der Waals surface area contributed by atoms with Crippen molar-refractivity contribution in [2.45, 2.75) is 38.3 Å². The standard InChI is InChI=1S/C27H26F3N5O4/c1-15(2)16-7-9-17(10-8-16)25(37)34-23(19-5-3-4-6-22(19)39-27(28,29)30)24(36)26(38)35(31)18-11-12-20-21(13-18)33-14-32-20/h3-15,23-24,36H,31H2,1-2H3,(H,32,33)(H,34,37). The number of imidazole rings is 1. The number of rotatable bonds is 8. The second-order valence-electron chi connectivity index (χ2n) is 9.07. The summed E-state index contributed by atoms with van der Waals surface area (Å²) in [6.07, 6.45) is -5.71. The van der Waals surface area contributed by atoms with E-state index in [0.717, 1.165) is 11.6 Å². The number of fused-ring (bicyclic) bond motifs is 1. The first-order valence-corrected chi connectivity index (χ1v) is 11.9. The van der Waals surface area contributed by atoms with Gasteiger partial charge in [0, 0.05) is 11.1 Å². The fraction of sp³-hybridized carbons (Fsp3) is 0.222. The first-order valence-electron chi connectivity index (χ1n) is 11.9. The second kappa shape index (κ2) is 11.1. The summed E-state index contributed by atoms with van der Waals surface area (Å²) in [7, 11) is 0. The average molecular weight is 542 g/mol. The van der Waals surface area contributed by atoms with Gasteiger partial charge in [0.1, 0.15) is 5.75 Å². The third-order valence-corrected chi connectivity index (χ3v) is 6.09. The Labute approximate surface area is 221 Å². The van der Waals surface area contributed by atoms with Crippen LogP contribution in [0.2, 0.25) is 0 Å². The number of halogens is 3. The number of hydrazine groups is 1. The number of anilines is 1. The highest BCUT2D eigenvalue weighted by molar-refractivity contribution is 5.99. The number of benzene rings is 3. The van der Waals surface area contributed by atoms with Crippen LogP contribution in [-0.2, 0) is 4.79 Å². The molecule has 0 spiro atoms. The van der Waals surface area contributed by atoms with Crippen molar-refractivity contribution in [3.05, 3.63) is 89.7 Å². The molecule has 3 aromatic carbocycles. The van der Waals surface area contributed by atoms with Crippen LogP contribution in [-0.4, -0.2) is 39.4 Å². The van der Waals surface area contributed by atoms with Crippen molar-refractivity contribution in [2.24, 2.45) is 5.84 Å². The van der Waals surface area contributed by atoms with Gasteiger partial charge in [-0.15, -0.1) is 13.2 Å². The van der Waals surface area contributed by atoms with Gasteiger partial charge < -0.3 is 20.1 Å². The number of nitrogens with zero attached hydrogens (tertiary/aromatic N) is 2. The van der Waals surface area contributed by atoms with Crippen LogP contribution in [0.25, 0.3) is 11.0 Å². The van der Waals surface area contributed by atoms with E-state index in [1.54, 1.807) is 30.3 Å². The van der Waals surface area contributed by atoms with Crippen molar-refractivity contribution in [1.29, 1.82) is 0 Å². The number of nitrogens with two attached hydrogens (primary N) is 1. The van der Waals surface area contributed by atoms with Gasteiger partial charge in [0.2, 0.25) is 0 Å². The molecule has 0 radical (unpaired) electrons. The Morgan fingerprint density at radius 3 is 2.44 bits per heavy atom. The molecule has 5 N–H and O–H groups in total. The number of carbonyl (C=O) groups excluding carboxylic acids is 2. The van der Waals surface area contributed by atoms with Crippen molar-refractivity contribution in [2.75, 3.05) is 5.01 Å². The maximum absolute atomic E-state index is 13.3. The van der Waals surface area contributed by atoms with Crippen molar-refractivity contribution >= 4 is 28.5 Å². The van der Waals surface area contributed by atoms with E-state index in [0.29, 0.717) is 16.0 Å². The number of amides is 2. The normalized spacial score (nSPS) is 13.2. The number of aromatic amines is 1. The van der Waals surface area contributed by atoms with Gasteiger partial charge in [-0.1, -0.05) is 44.2 Å². The van der Waals surface area contributed by atoms with Crippen molar-refractivity contribution in [1.82, 2.24) is 15.3 Å². The Hall–Kier alpha value is -4.42. The zero-order chi connectivity index (χ0) is 28.3. The lowest BCUT2D eigenvalue weighted by molar-refractivity contribution is -0.275. The number of aliphatic hydroxyl groups excluding tert-OH is 1. The molecule has 2 atom stereocenters. The molecule has 0 saturated carbocycles. The highest BCUT2D eigenvalue weighted by Gasteiger charge is 2.37. The number of nitrogens with one attached hydrogen (secondary N) is 2. The molecule has 204 valence electrons. The maximum Gasteiger partial charge on any atom is 0.573 e. The SMILES string of the molecule is CC(C)c1ccc(C(=O)NC(c2ccccc2OC(F)(F)F)C(O)C(=O)N(N)c2ccc3nc[nH]c3c2)cc1. The molecule has 4 aromatic rings. The topological polar surface area (TPSA) is 134 Å². The lowest BCUT2D eigenvalue weighted by Crippen LogP contribution is -2.50. The molecule has 12 heteroatoms. The molecule has 9 nitrogen and oxygen atoms in total. The highest BCUT2D eigenvalue weighted by atomic mass is 19.4. The van der Waals surface area contributed by atoms with E-state index >= 15 is 0 Å². The largest absolute Gasteiger partial charge is 0.573 e. The quantitative estimate of drug-likeness (QED) is 0.149. The number of H-pyrrole nitrogens is 1. The second-order valence-corrected chi connectivity index (χ2v) is 9.07. The minimum absolute atomic E-state index is 0.171. The molecule has 1 aromatic heterocycles. The van der Waals surface area contributed by atoms with Crippen LogP contribution >= 0.6 is 0 Å². The molecule has 0 aliphatic heterocycles. The van der Waals surface area contributed by atoms with Crippen molar-refractivity contribution in [3.63, 3.8) is 0 Å². The molecule has 0 saturated heterocycles. The van der Waals surface area contributed by atoms with Gasteiger partial charge in [-0.3, -0.25) is 9.59 Å². The monoisotopic (exact) mass is 541 g/mol. The zero-order valence-electron chi connectivity index (χ0n) is 20.9. The Balaban J connectivity index is 1.68. The van der Waals surface area contributed by atoms with E-state index in [1.165, 1.54) is 36.7 Å². The summed E-state index contributed by atoms with van der Waals surface area (Å²) in [6, 6.07) is 14.4. The zero-order valence-corrected chi connectivity index (χ0v) is 20.9. The van der Waals surface area contributed by atoms with Gasteiger partial charge in [0.15, 0.2) is 6.10 Å². The molecule has 0 aliphatic carbocycles. The number of aromatic nitrogens is 2. The van der Waals surface area contributed by atoms with Gasteiger partial charge in [-0.25, -0.2) is 15.8 Å². The summed E-state index contributed by atoms with van der Waals surface area (Å²) in [6.45, 7) is 3.96. The van der Waals surface area contributed by atoms with Gasteiger partial charge in [-0.2, -0.15) is 0 Å². The summed E-state index contributed by atoms with van der Waals surface area (Å²) < 4.78 is 43.6. The van der Waals surface area contributed by atoms with E-state index in [4.69, 9.17) is 5.84 Å². The summed E-state index contributed by atoms with van der Waals surface area (Å²) in [4.78, 5) is 33.4. The molecule has 0 aliphatic rings. The number of hydrogen-bond donors (Lipinski definition) is 4. The average Bonchev–Trinajstić information content (AvgIpc) is 3.38. The van der Waals surface area contributed by atoms with Crippen LogP contribution in [0.5, 0.6) is 5.75 Å². The van der Waals surface area contributed by atoms with Crippen LogP contribution in [0.4, 0.5) is 18.9 Å². The highest BCUT2D eigenvalue weighted by Crippen LogP contribution is 2.33. The van der Waals surface area contributed by atoms with Crippen LogP contribution < -0.4 is 20.9 Å². The lowest BCUT2D eigenvalue weighted by atomic mass is 9.98. The van der Waals surface area contributed by atoms with E-state index in [9.17, 15) is 27.9 Å². The van der Waals surface area contributed by atoms with Crippen LogP contribution in [0.15, 0.2) is 73.1 Å². The molecule has 39 heavy (non-hydrogen) atoms. The maximum atomic E-state index is 13.3. The molecular formula is C27H26F3N5O4. The van der Waals surface area contributed by atoms with Gasteiger partial charge in [0.25, 0.3) is 11.8 Å². The number of ether oxygens (including phenoxy) is 1. The molecule has 0 bridgehead atoms. The number of aliphatic hydroxyl groups is 1. The molecule has 2 unspecified atom stereocenters. The van der Waals surface area contributed by atoms with Crippen LogP contribution in [0, 0.1) is 0 Å². The van der Waals surface area contributed by atoms with E-state index in [1.807, 2.05) is 13.8 Å². The summed E-state index contributed by atoms with van der Waals surface area (Å²) in [5.74, 6) is 3.70. The van der Waals surface area contributed by atoms with Crippen LogP contribution in [0.1, 0.15) is 47.3 Å². The Morgan fingerprint density at radius 2 is 1.77 bits per heavy atom. The number of alkyl halides is 3. The smallest absolute Gasteiger partial charge is 0.405 e. The molecule has 4 rings (SSSR count). The van der Waals surface area contributed by atoms with E-state index in [2.05, 4.69) is 20.0 Å². The Bertz CT molecular complexity index is 1470. The molecule has 0 fully saturated rings. The molecular weight excluding hydrogens is 515 g/mol. The molecule has 1 heterocycles. The lowest BCUT2D eigenvalue weighted by Gasteiger charge is -2.28. The predicted molar refractivity (Wildman–Crippen MR) is 138 cm³/mol. The predicted octanol–water partition coefficient (Wildman–Crippen LogP) is 4.32. The summed E-state index contributed by atoms with van der Waals surface area (Å²) >= 11 is 0. The number of carbonyl (C=O) groups is 2.